The third kappa shape index (κ3) is 5.64. The lowest BCUT2D eigenvalue weighted by Crippen LogP contribution is -2.30. The van der Waals surface area contributed by atoms with Gasteiger partial charge in [0.05, 0.1) is 13.7 Å². The van der Waals surface area contributed by atoms with E-state index in [1.165, 1.54) is 44.6 Å². The lowest BCUT2D eigenvalue weighted by atomic mass is 10.1. The van der Waals surface area contributed by atoms with Crippen LogP contribution in [0.3, 0.4) is 0 Å². The first-order valence-electron chi connectivity index (χ1n) is 9.79. The van der Waals surface area contributed by atoms with E-state index >= 15 is 0 Å². The second-order valence-electron chi connectivity index (χ2n) is 6.70. The summed E-state index contributed by atoms with van der Waals surface area (Å²) in [6.07, 6.45) is 1.36. The summed E-state index contributed by atoms with van der Waals surface area (Å²) in [4.78, 5) is 36.9. The Morgan fingerprint density at radius 3 is 2.67 bits per heavy atom. The smallest absolute Gasteiger partial charge is 0.354 e. The van der Waals surface area contributed by atoms with Gasteiger partial charge in [0.2, 0.25) is 0 Å². The molecule has 0 aliphatic heterocycles. The Morgan fingerprint density at radius 1 is 1.15 bits per heavy atom. The molecular formula is C24H20N2O7. The zero-order valence-corrected chi connectivity index (χ0v) is 17.9. The number of ether oxygens (including phenoxy) is 3. The molecule has 9 heteroatoms. The fourth-order valence-electron chi connectivity index (χ4n) is 2.92. The average molecular weight is 448 g/mol. The van der Waals surface area contributed by atoms with Crippen molar-refractivity contribution in [1.82, 2.24) is 5.32 Å². The van der Waals surface area contributed by atoms with Crippen molar-refractivity contribution in [3.8, 4) is 17.6 Å². The van der Waals surface area contributed by atoms with Crippen LogP contribution in [0.2, 0.25) is 0 Å². The molecule has 168 valence electrons. The van der Waals surface area contributed by atoms with E-state index in [1.54, 1.807) is 24.3 Å². The molecule has 3 rings (SSSR count). The van der Waals surface area contributed by atoms with Crippen molar-refractivity contribution in [3.63, 3.8) is 0 Å². The normalized spacial score (nSPS) is 11.0. The Morgan fingerprint density at radius 2 is 1.94 bits per heavy atom. The number of benzene rings is 2. The van der Waals surface area contributed by atoms with Gasteiger partial charge in [-0.3, -0.25) is 4.79 Å². The highest BCUT2D eigenvalue weighted by molar-refractivity contribution is 6.00. The number of methoxy groups -OCH3 is 2. The first-order chi connectivity index (χ1) is 16.0. The lowest BCUT2D eigenvalue weighted by Gasteiger charge is -2.07. The summed E-state index contributed by atoms with van der Waals surface area (Å²) in [5.41, 5.74) is -0.589. The number of nitrogens with zero attached hydrogens (tertiary/aromatic N) is 1. The van der Waals surface area contributed by atoms with E-state index < -0.39 is 17.5 Å². The highest BCUT2D eigenvalue weighted by atomic mass is 16.5. The van der Waals surface area contributed by atoms with Crippen LogP contribution < -0.4 is 20.4 Å². The Bertz CT molecular complexity index is 1320. The molecule has 1 aromatic heterocycles. The number of fused-ring (bicyclic) bond motifs is 1. The van der Waals surface area contributed by atoms with Gasteiger partial charge in [-0.15, -0.1) is 0 Å². The standard InChI is InChI=1S/C24H20N2O7/c1-30-10-9-26-22(27)19-12-16-7-8-18(13-21(16)33-24(19)29)32-23(28)17(14-25)11-15-5-3-4-6-20(15)31-2/h3-8,11-13H,9-10H2,1-2H3,(H,26,27)/b17-11+. The molecule has 1 heterocycles. The van der Waals surface area contributed by atoms with Gasteiger partial charge in [0.1, 0.15) is 34.3 Å². The maximum Gasteiger partial charge on any atom is 0.354 e. The average Bonchev–Trinajstić information content (AvgIpc) is 2.82. The third-order valence-electron chi connectivity index (χ3n) is 4.53. The molecule has 0 saturated heterocycles. The van der Waals surface area contributed by atoms with Crippen LogP contribution in [0.25, 0.3) is 17.0 Å². The number of carbonyl (C=O) groups is 2. The van der Waals surface area contributed by atoms with E-state index in [-0.39, 0.29) is 29.0 Å². The van der Waals surface area contributed by atoms with Crippen molar-refractivity contribution in [3.05, 3.63) is 75.7 Å². The molecule has 0 aliphatic carbocycles. The molecule has 0 fully saturated rings. The minimum atomic E-state index is -0.890. The summed E-state index contributed by atoms with van der Waals surface area (Å²) in [5, 5.41) is 12.4. The highest BCUT2D eigenvalue weighted by Crippen LogP contribution is 2.23. The molecule has 33 heavy (non-hydrogen) atoms. The first-order valence-corrected chi connectivity index (χ1v) is 9.79. The summed E-state index contributed by atoms with van der Waals surface area (Å²) in [6.45, 7) is 0.543. The Hall–Kier alpha value is -4.42. The topological polar surface area (TPSA) is 128 Å². The molecule has 1 amide bonds. The van der Waals surface area contributed by atoms with Crippen molar-refractivity contribution >= 4 is 28.9 Å². The Kier molecular flexibility index (Phi) is 7.57. The van der Waals surface area contributed by atoms with Crippen molar-refractivity contribution in [1.29, 1.82) is 5.26 Å². The second kappa shape index (κ2) is 10.7. The van der Waals surface area contributed by atoms with Gasteiger partial charge in [-0.1, -0.05) is 18.2 Å². The van der Waals surface area contributed by atoms with Gasteiger partial charge in [0.15, 0.2) is 0 Å². The van der Waals surface area contributed by atoms with Crippen LogP contribution in [0, 0.1) is 11.3 Å². The number of amides is 1. The number of hydrogen-bond acceptors (Lipinski definition) is 8. The number of rotatable bonds is 8. The number of para-hydroxylation sites is 1. The summed E-state index contributed by atoms with van der Waals surface area (Å²) < 4.78 is 20.6. The minimum Gasteiger partial charge on any atom is -0.496 e. The lowest BCUT2D eigenvalue weighted by molar-refractivity contribution is -0.129. The second-order valence-corrected chi connectivity index (χ2v) is 6.70. The van der Waals surface area contributed by atoms with Crippen LogP contribution in [-0.4, -0.2) is 39.2 Å². The molecule has 0 spiro atoms. The highest BCUT2D eigenvalue weighted by Gasteiger charge is 2.16. The van der Waals surface area contributed by atoms with Crippen LogP contribution in [-0.2, 0) is 9.53 Å². The molecule has 3 aromatic rings. The number of carbonyl (C=O) groups excluding carboxylic acids is 2. The number of hydrogen-bond donors (Lipinski definition) is 1. The summed E-state index contributed by atoms with van der Waals surface area (Å²) in [7, 11) is 2.98. The van der Waals surface area contributed by atoms with E-state index in [2.05, 4.69) is 5.32 Å². The van der Waals surface area contributed by atoms with E-state index in [0.29, 0.717) is 23.3 Å². The Balaban J connectivity index is 1.83. The van der Waals surface area contributed by atoms with Gasteiger partial charge in [0, 0.05) is 30.7 Å². The maximum absolute atomic E-state index is 12.5. The van der Waals surface area contributed by atoms with Crippen LogP contribution in [0.4, 0.5) is 0 Å². The van der Waals surface area contributed by atoms with E-state index in [9.17, 15) is 19.6 Å². The van der Waals surface area contributed by atoms with Gasteiger partial charge in [-0.25, -0.2) is 9.59 Å². The predicted octanol–water partition coefficient (Wildman–Crippen LogP) is 2.69. The molecule has 1 N–H and O–H groups in total. The van der Waals surface area contributed by atoms with Gasteiger partial charge >= 0.3 is 11.6 Å². The predicted molar refractivity (Wildman–Crippen MR) is 119 cm³/mol. The molecule has 0 aliphatic rings. The fourth-order valence-corrected chi connectivity index (χ4v) is 2.92. The third-order valence-corrected chi connectivity index (χ3v) is 4.53. The first kappa shape index (κ1) is 23.2. The number of nitrogens with one attached hydrogen (secondary N) is 1. The Labute approximate surface area is 188 Å². The van der Waals surface area contributed by atoms with Gasteiger partial charge in [0.25, 0.3) is 5.91 Å². The van der Waals surface area contributed by atoms with E-state index in [4.69, 9.17) is 18.6 Å². The number of nitriles is 1. The zero-order chi connectivity index (χ0) is 23.8. The molecule has 0 unspecified atom stereocenters. The summed E-state index contributed by atoms with van der Waals surface area (Å²) >= 11 is 0. The quantitative estimate of drug-likeness (QED) is 0.139. The summed E-state index contributed by atoms with van der Waals surface area (Å²) in [5.74, 6) is -0.917. The van der Waals surface area contributed by atoms with E-state index in [1.807, 2.05) is 6.07 Å². The van der Waals surface area contributed by atoms with Crippen molar-refractivity contribution in [2.24, 2.45) is 0 Å². The van der Waals surface area contributed by atoms with Crippen LogP contribution in [0.1, 0.15) is 15.9 Å². The molecule has 2 aromatic carbocycles. The van der Waals surface area contributed by atoms with Gasteiger partial charge in [-0.2, -0.15) is 5.26 Å². The van der Waals surface area contributed by atoms with E-state index in [0.717, 1.165) is 0 Å². The fraction of sp³-hybridized carbons (Fsp3) is 0.167. The molecule has 0 bridgehead atoms. The minimum absolute atomic E-state index is 0.0640. The molecule has 0 saturated carbocycles. The van der Waals surface area contributed by atoms with Gasteiger partial charge < -0.3 is 23.9 Å². The largest absolute Gasteiger partial charge is 0.496 e. The SMILES string of the molecule is COCCNC(=O)c1cc2ccc(OC(=O)/C(C#N)=C/c3ccccc3OC)cc2oc1=O. The van der Waals surface area contributed by atoms with Crippen LogP contribution in [0.15, 0.2) is 63.3 Å². The van der Waals surface area contributed by atoms with Crippen molar-refractivity contribution in [2.75, 3.05) is 27.4 Å². The maximum atomic E-state index is 12.5. The zero-order valence-electron chi connectivity index (χ0n) is 17.9. The molecule has 0 atom stereocenters. The summed E-state index contributed by atoms with van der Waals surface area (Å²) in [6, 6.07) is 14.4. The monoisotopic (exact) mass is 448 g/mol. The van der Waals surface area contributed by atoms with Crippen LogP contribution in [0.5, 0.6) is 11.5 Å². The number of esters is 1. The van der Waals surface area contributed by atoms with Gasteiger partial charge in [-0.05, 0) is 30.3 Å². The van der Waals surface area contributed by atoms with Crippen LogP contribution >= 0.6 is 0 Å². The molecule has 9 nitrogen and oxygen atoms in total. The van der Waals surface area contributed by atoms with Crippen molar-refractivity contribution in [2.45, 2.75) is 0 Å². The molecular weight excluding hydrogens is 428 g/mol. The molecule has 0 radical (unpaired) electrons. The van der Waals surface area contributed by atoms with Crippen molar-refractivity contribution < 1.29 is 28.2 Å².